The first-order valence-corrected chi connectivity index (χ1v) is 11.5. The van der Waals surface area contributed by atoms with Gasteiger partial charge in [0.05, 0.1) is 23.4 Å². The third-order valence-electron chi connectivity index (χ3n) is 5.79. The number of hydrogen-bond acceptors (Lipinski definition) is 5. The van der Waals surface area contributed by atoms with Crippen LogP contribution >= 0.6 is 35.3 Å². The number of benzene rings is 1. The number of aromatic nitrogens is 1. The highest BCUT2D eigenvalue weighted by atomic mass is 127. The molecule has 1 aromatic heterocycles. The Kier molecular flexibility index (Phi) is 8.76. The van der Waals surface area contributed by atoms with Gasteiger partial charge < -0.3 is 15.8 Å². The Bertz CT molecular complexity index is 834. The van der Waals surface area contributed by atoms with Gasteiger partial charge in [0.15, 0.2) is 5.96 Å². The quantitative estimate of drug-likeness (QED) is 0.329. The highest BCUT2D eigenvalue weighted by molar-refractivity contribution is 14.0. The second kappa shape index (κ2) is 11.3. The lowest BCUT2D eigenvalue weighted by atomic mass is 9.97. The van der Waals surface area contributed by atoms with E-state index in [9.17, 15) is 0 Å². The molecule has 164 valence electrons. The smallest absolute Gasteiger partial charge is 0.189 e. The summed E-state index contributed by atoms with van der Waals surface area (Å²) in [4.78, 5) is 11.9. The molecule has 8 heteroatoms. The third kappa shape index (κ3) is 6.07. The minimum Gasteiger partial charge on any atom is -0.493 e. The van der Waals surface area contributed by atoms with Gasteiger partial charge in [-0.05, 0) is 44.3 Å². The fourth-order valence-electron chi connectivity index (χ4n) is 4.08. The molecule has 0 spiro atoms. The fourth-order valence-corrected chi connectivity index (χ4v) is 4.82. The summed E-state index contributed by atoms with van der Waals surface area (Å²) in [7, 11) is 0. The maximum absolute atomic E-state index is 6.20. The molecule has 0 bridgehead atoms. The van der Waals surface area contributed by atoms with Crippen LogP contribution in [0.3, 0.4) is 0 Å². The molecule has 6 nitrogen and oxygen atoms in total. The van der Waals surface area contributed by atoms with Gasteiger partial charge in [-0.25, -0.2) is 4.98 Å². The van der Waals surface area contributed by atoms with Gasteiger partial charge in [0.25, 0.3) is 0 Å². The summed E-state index contributed by atoms with van der Waals surface area (Å²) in [5, 5.41) is 6.83. The molecule has 3 heterocycles. The predicted molar refractivity (Wildman–Crippen MR) is 134 cm³/mol. The molecule has 1 aromatic carbocycles. The Morgan fingerprint density at radius 2 is 2.10 bits per heavy atom. The van der Waals surface area contributed by atoms with Crippen molar-refractivity contribution in [1.29, 1.82) is 0 Å². The summed E-state index contributed by atoms with van der Waals surface area (Å²) in [6.45, 7) is 6.86. The van der Waals surface area contributed by atoms with Crippen LogP contribution in [0.15, 0.2) is 34.6 Å². The van der Waals surface area contributed by atoms with Crippen LogP contribution < -0.4 is 15.8 Å². The third-order valence-corrected chi connectivity index (χ3v) is 6.84. The standard InChI is InChI=1S/C22H31N5OS.HI/c1-2-21-25-17(15-29-21)14-27-10-7-16(8-11-27)13-24-22(23)26-19-9-12-28-20-6-4-3-5-18(19)20;/h3-6,15-16,19H,2,7-14H2,1H3,(H3,23,24,26);1H. The highest BCUT2D eigenvalue weighted by Crippen LogP contribution is 2.31. The predicted octanol–water partition coefficient (Wildman–Crippen LogP) is 3.96. The van der Waals surface area contributed by atoms with E-state index in [1.54, 1.807) is 11.3 Å². The molecule has 1 atom stereocenters. The maximum Gasteiger partial charge on any atom is 0.189 e. The Hall–Kier alpha value is -1.39. The molecular weight excluding hydrogens is 509 g/mol. The number of nitrogens with zero attached hydrogens (tertiary/aromatic N) is 3. The molecule has 2 aliphatic heterocycles. The summed E-state index contributed by atoms with van der Waals surface area (Å²) in [5.41, 5.74) is 8.59. The second-order valence-corrected chi connectivity index (χ2v) is 8.85. The van der Waals surface area contributed by atoms with Crippen molar-refractivity contribution in [2.24, 2.45) is 16.6 Å². The number of rotatable bonds is 6. The molecule has 0 aliphatic carbocycles. The number of nitrogens with two attached hydrogens (primary N) is 1. The molecule has 2 aromatic rings. The van der Waals surface area contributed by atoms with E-state index in [2.05, 4.69) is 33.6 Å². The molecule has 4 rings (SSSR count). The van der Waals surface area contributed by atoms with Gasteiger partial charge in [-0.15, -0.1) is 35.3 Å². The van der Waals surface area contributed by atoms with E-state index in [1.165, 1.54) is 29.1 Å². The van der Waals surface area contributed by atoms with E-state index in [0.29, 0.717) is 18.5 Å². The van der Waals surface area contributed by atoms with E-state index in [0.717, 1.165) is 44.8 Å². The van der Waals surface area contributed by atoms with Crippen molar-refractivity contribution in [3.8, 4) is 5.75 Å². The van der Waals surface area contributed by atoms with Gasteiger partial charge in [0.1, 0.15) is 5.75 Å². The molecule has 3 N–H and O–H groups in total. The highest BCUT2D eigenvalue weighted by Gasteiger charge is 2.22. The van der Waals surface area contributed by atoms with E-state index in [-0.39, 0.29) is 30.0 Å². The molecule has 30 heavy (non-hydrogen) atoms. The second-order valence-electron chi connectivity index (χ2n) is 7.90. The Morgan fingerprint density at radius 3 is 2.87 bits per heavy atom. The summed E-state index contributed by atoms with van der Waals surface area (Å²) in [5.74, 6) is 2.10. The number of hydrogen-bond donors (Lipinski definition) is 2. The molecule has 1 unspecified atom stereocenters. The monoisotopic (exact) mass is 541 g/mol. The van der Waals surface area contributed by atoms with Gasteiger partial charge in [0, 0.05) is 30.5 Å². The number of nitrogens with one attached hydrogen (secondary N) is 1. The average Bonchev–Trinajstić information content (AvgIpc) is 3.21. The van der Waals surface area contributed by atoms with Crippen LogP contribution in [0.4, 0.5) is 0 Å². The van der Waals surface area contributed by atoms with E-state index in [1.807, 2.05) is 18.2 Å². The first-order chi connectivity index (χ1) is 14.2. The van der Waals surface area contributed by atoms with Gasteiger partial charge in [-0.2, -0.15) is 0 Å². The van der Waals surface area contributed by atoms with Gasteiger partial charge in [-0.3, -0.25) is 9.89 Å². The number of halogens is 1. The number of guanidine groups is 1. The molecule has 0 saturated carbocycles. The van der Waals surface area contributed by atoms with Gasteiger partial charge in [0.2, 0.25) is 0 Å². The minimum absolute atomic E-state index is 0. The van der Waals surface area contributed by atoms with Gasteiger partial charge >= 0.3 is 0 Å². The SMILES string of the molecule is CCc1nc(CN2CCC(CN=C(N)NC3CCOc4ccccc43)CC2)cs1.I. The lowest BCUT2D eigenvalue weighted by Crippen LogP contribution is -2.38. The van der Waals surface area contributed by atoms with Crippen LogP contribution in [-0.2, 0) is 13.0 Å². The first-order valence-electron chi connectivity index (χ1n) is 10.6. The molecular formula is C22H32IN5OS. The first kappa shape index (κ1) is 23.3. The summed E-state index contributed by atoms with van der Waals surface area (Å²) < 4.78 is 5.72. The van der Waals surface area contributed by atoms with Crippen molar-refractivity contribution in [2.75, 3.05) is 26.2 Å². The van der Waals surface area contributed by atoms with Crippen molar-refractivity contribution >= 4 is 41.3 Å². The Balaban J connectivity index is 0.00000256. The number of aryl methyl sites for hydroxylation is 1. The Labute approximate surface area is 200 Å². The normalized spacial score (nSPS) is 20.2. The number of piperidine rings is 1. The van der Waals surface area contributed by atoms with Crippen molar-refractivity contribution in [1.82, 2.24) is 15.2 Å². The van der Waals surface area contributed by atoms with Crippen molar-refractivity contribution < 1.29 is 4.74 Å². The average molecular weight is 542 g/mol. The lowest BCUT2D eigenvalue weighted by molar-refractivity contribution is 0.179. The number of ether oxygens (including phenoxy) is 1. The number of fused-ring (bicyclic) bond motifs is 1. The fraction of sp³-hybridized carbons (Fsp3) is 0.545. The zero-order valence-corrected chi connectivity index (χ0v) is 20.7. The van der Waals surface area contributed by atoms with E-state index in [4.69, 9.17) is 15.5 Å². The van der Waals surface area contributed by atoms with Crippen molar-refractivity contribution in [3.05, 3.63) is 45.9 Å². The largest absolute Gasteiger partial charge is 0.493 e. The van der Waals surface area contributed by atoms with Gasteiger partial charge in [-0.1, -0.05) is 25.1 Å². The summed E-state index contributed by atoms with van der Waals surface area (Å²) >= 11 is 1.78. The van der Waals surface area contributed by atoms with Crippen LogP contribution in [0, 0.1) is 5.92 Å². The lowest BCUT2D eigenvalue weighted by Gasteiger charge is -2.31. The zero-order valence-electron chi connectivity index (χ0n) is 17.5. The van der Waals surface area contributed by atoms with Crippen LogP contribution in [-0.4, -0.2) is 42.1 Å². The number of likely N-dealkylation sites (tertiary alicyclic amines) is 1. The number of para-hydroxylation sites is 1. The van der Waals surface area contributed by atoms with Crippen LogP contribution in [0.25, 0.3) is 0 Å². The van der Waals surface area contributed by atoms with Crippen LogP contribution in [0.2, 0.25) is 0 Å². The van der Waals surface area contributed by atoms with Crippen LogP contribution in [0.5, 0.6) is 5.75 Å². The topological polar surface area (TPSA) is 75.8 Å². The molecule has 0 radical (unpaired) electrons. The number of aliphatic imine (C=N–C) groups is 1. The molecule has 2 aliphatic rings. The molecule has 1 saturated heterocycles. The number of thiazole rings is 1. The Morgan fingerprint density at radius 1 is 1.30 bits per heavy atom. The van der Waals surface area contributed by atoms with E-state index >= 15 is 0 Å². The maximum atomic E-state index is 6.20. The van der Waals surface area contributed by atoms with Crippen molar-refractivity contribution in [3.63, 3.8) is 0 Å². The van der Waals surface area contributed by atoms with E-state index < -0.39 is 0 Å². The molecule has 0 amide bonds. The molecule has 1 fully saturated rings. The van der Waals surface area contributed by atoms with Crippen LogP contribution in [0.1, 0.15) is 48.5 Å². The summed E-state index contributed by atoms with van der Waals surface area (Å²) in [6.07, 6.45) is 4.27. The minimum atomic E-state index is 0. The zero-order chi connectivity index (χ0) is 20.1. The summed E-state index contributed by atoms with van der Waals surface area (Å²) in [6, 6.07) is 8.33. The van der Waals surface area contributed by atoms with Crippen molar-refractivity contribution in [2.45, 2.75) is 45.2 Å².